The molecule has 0 spiro atoms. The fourth-order valence-electron chi connectivity index (χ4n) is 2.97. The third kappa shape index (κ3) is 3.95. The minimum Gasteiger partial charge on any atom is -0.335 e. The first kappa shape index (κ1) is 18.3. The molecule has 0 radical (unpaired) electrons. The number of nitrogens with zero attached hydrogens (tertiary/aromatic N) is 5. The van der Waals surface area contributed by atoms with E-state index in [-0.39, 0.29) is 11.8 Å². The summed E-state index contributed by atoms with van der Waals surface area (Å²) in [7, 11) is 2.05. The second kappa shape index (κ2) is 7.91. The minimum absolute atomic E-state index is 0.00525. The van der Waals surface area contributed by atoms with Crippen LogP contribution in [0.5, 0.6) is 0 Å². The standard InChI is InChI=1S/C19H20N6O2S/c1-23-8-10-24(11-9-23)19(27)17-7-6-16(28-17)18(26)22-14-2-4-15(5-3-14)25-13-20-12-21-25/h2-7,12-13H,8-11H2,1H3,(H,22,26). The van der Waals surface area contributed by atoms with E-state index in [2.05, 4.69) is 20.3 Å². The topological polar surface area (TPSA) is 83.4 Å². The van der Waals surface area contributed by atoms with Crippen molar-refractivity contribution in [2.45, 2.75) is 0 Å². The van der Waals surface area contributed by atoms with Crippen LogP contribution in [0, 0.1) is 0 Å². The molecule has 4 rings (SSSR count). The van der Waals surface area contributed by atoms with Gasteiger partial charge in [0.25, 0.3) is 11.8 Å². The zero-order chi connectivity index (χ0) is 19.5. The molecule has 3 aromatic rings. The van der Waals surface area contributed by atoms with E-state index >= 15 is 0 Å². The van der Waals surface area contributed by atoms with Crippen molar-refractivity contribution in [1.82, 2.24) is 24.6 Å². The number of aromatic nitrogens is 3. The average Bonchev–Trinajstić information content (AvgIpc) is 3.41. The molecule has 144 valence electrons. The lowest BCUT2D eigenvalue weighted by Crippen LogP contribution is -2.46. The molecular weight excluding hydrogens is 376 g/mol. The number of rotatable bonds is 4. The van der Waals surface area contributed by atoms with E-state index in [0.717, 1.165) is 18.8 Å². The minimum atomic E-state index is -0.226. The Bertz CT molecular complexity index is 959. The lowest BCUT2D eigenvalue weighted by molar-refractivity contribution is 0.0669. The molecule has 1 saturated heterocycles. The van der Waals surface area contributed by atoms with Crippen molar-refractivity contribution in [2.24, 2.45) is 0 Å². The summed E-state index contributed by atoms with van der Waals surface area (Å²) in [5.74, 6) is -0.231. The quantitative estimate of drug-likeness (QED) is 0.729. The molecule has 3 heterocycles. The van der Waals surface area contributed by atoms with E-state index in [1.807, 2.05) is 24.1 Å². The first-order valence-corrected chi connectivity index (χ1v) is 9.76. The van der Waals surface area contributed by atoms with Gasteiger partial charge in [-0.1, -0.05) is 0 Å². The van der Waals surface area contributed by atoms with Gasteiger partial charge in [0.05, 0.1) is 15.4 Å². The predicted octanol–water partition coefficient (Wildman–Crippen LogP) is 1.97. The first-order valence-electron chi connectivity index (χ1n) is 8.94. The van der Waals surface area contributed by atoms with Crippen molar-refractivity contribution >= 4 is 28.8 Å². The van der Waals surface area contributed by atoms with Gasteiger partial charge in [0.15, 0.2) is 0 Å². The molecule has 0 bridgehead atoms. The highest BCUT2D eigenvalue weighted by Gasteiger charge is 2.22. The van der Waals surface area contributed by atoms with E-state index in [1.54, 1.807) is 35.3 Å². The molecule has 2 amide bonds. The molecule has 0 aliphatic carbocycles. The summed E-state index contributed by atoms with van der Waals surface area (Å²) in [5, 5.41) is 6.93. The molecule has 2 aromatic heterocycles. The first-order chi connectivity index (χ1) is 13.6. The Hall–Kier alpha value is -3.04. The van der Waals surface area contributed by atoms with E-state index in [0.29, 0.717) is 28.5 Å². The molecule has 9 heteroatoms. The van der Waals surface area contributed by atoms with Gasteiger partial charge in [-0.2, -0.15) is 5.10 Å². The SMILES string of the molecule is CN1CCN(C(=O)c2ccc(C(=O)Nc3ccc(-n4cncn4)cc3)s2)CC1. The maximum atomic E-state index is 12.6. The number of benzene rings is 1. The highest BCUT2D eigenvalue weighted by molar-refractivity contribution is 7.16. The molecule has 1 aliphatic heterocycles. The summed E-state index contributed by atoms with van der Waals surface area (Å²) >= 11 is 1.22. The number of piperazine rings is 1. The largest absolute Gasteiger partial charge is 0.335 e. The number of hydrogen-bond acceptors (Lipinski definition) is 6. The van der Waals surface area contributed by atoms with Crippen LogP contribution in [0.25, 0.3) is 5.69 Å². The molecule has 1 aromatic carbocycles. The van der Waals surface area contributed by atoms with Crippen LogP contribution < -0.4 is 5.32 Å². The smallest absolute Gasteiger partial charge is 0.265 e. The van der Waals surface area contributed by atoms with Crippen LogP contribution in [0.4, 0.5) is 5.69 Å². The Morgan fingerprint density at radius 2 is 1.71 bits per heavy atom. The third-order valence-electron chi connectivity index (χ3n) is 4.64. The lowest BCUT2D eigenvalue weighted by atomic mass is 10.2. The maximum Gasteiger partial charge on any atom is 0.265 e. The number of amides is 2. The molecule has 8 nitrogen and oxygen atoms in total. The number of anilines is 1. The van der Waals surface area contributed by atoms with Crippen LogP contribution in [0.3, 0.4) is 0 Å². The summed E-state index contributed by atoms with van der Waals surface area (Å²) in [6.07, 6.45) is 3.08. The van der Waals surface area contributed by atoms with Gasteiger partial charge in [-0.25, -0.2) is 9.67 Å². The number of likely N-dealkylation sites (N-methyl/N-ethyl adjacent to an activating group) is 1. The predicted molar refractivity (Wildman–Crippen MR) is 107 cm³/mol. The molecule has 0 unspecified atom stereocenters. The summed E-state index contributed by atoms with van der Waals surface area (Å²) < 4.78 is 1.64. The molecule has 28 heavy (non-hydrogen) atoms. The summed E-state index contributed by atoms with van der Waals surface area (Å²) in [4.78, 5) is 34.2. The van der Waals surface area contributed by atoms with Crippen molar-refractivity contribution in [2.75, 3.05) is 38.5 Å². The van der Waals surface area contributed by atoms with Crippen LogP contribution in [-0.4, -0.2) is 69.6 Å². The van der Waals surface area contributed by atoms with Gasteiger partial charge in [0.2, 0.25) is 0 Å². The molecule has 1 aliphatic rings. The van der Waals surface area contributed by atoms with Crippen LogP contribution in [0.1, 0.15) is 19.3 Å². The number of hydrogen-bond donors (Lipinski definition) is 1. The van der Waals surface area contributed by atoms with Gasteiger partial charge in [-0.3, -0.25) is 9.59 Å². The lowest BCUT2D eigenvalue weighted by Gasteiger charge is -2.32. The number of carbonyl (C=O) groups is 2. The normalized spacial score (nSPS) is 14.8. The Kier molecular flexibility index (Phi) is 5.18. The molecule has 0 saturated carbocycles. The summed E-state index contributed by atoms with van der Waals surface area (Å²) in [6.45, 7) is 3.17. The van der Waals surface area contributed by atoms with Gasteiger partial charge < -0.3 is 15.1 Å². The monoisotopic (exact) mass is 396 g/mol. The summed E-state index contributed by atoms with van der Waals surface area (Å²) in [5.41, 5.74) is 1.53. The molecule has 1 fully saturated rings. The highest BCUT2D eigenvalue weighted by atomic mass is 32.1. The Labute approximate surface area is 166 Å². The zero-order valence-corrected chi connectivity index (χ0v) is 16.2. The van der Waals surface area contributed by atoms with Crippen molar-refractivity contribution in [1.29, 1.82) is 0 Å². The second-order valence-corrected chi connectivity index (χ2v) is 7.68. The fourth-order valence-corrected chi connectivity index (χ4v) is 3.84. The van der Waals surface area contributed by atoms with Crippen molar-refractivity contribution in [3.63, 3.8) is 0 Å². The third-order valence-corrected chi connectivity index (χ3v) is 5.71. The summed E-state index contributed by atoms with van der Waals surface area (Å²) in [6, 6.07) is 10.7. The number of carbonyl (C=O) groups excluding carboxylic acids is 2. The second-order valence-electron chi connectivity index (χ2n) is 6.60. The average molecular weight is 396 g/mol. The van der Waals surface area contributed by atoms with Gasteiger partial charge in [-0.15, -0.1) is 11.3 Å². The Balaban J connectivity index is 1.39. The molecular formula is C19H20N6O2S. The number of thiophene rings is 1. The van der Waals surface area contributed by atoms with Crippen LogP contribution in [0.2, 0.25) is 0 Å². The molecule has 1 N–H and O–H groups in total. The number of nitrogens with one attached hydrogen (secondary N) is 1. The van der Waals surface area contributed by atoms with Gasteiger partial charge in [0.1, 0.15) is 12.7 Å². The Morgan fingerprint density at radius 1 is 1.00 bits per heavy atom. The van der Waals surface area contributed by atoms with Crippen molar-refractivity contribution in [3.8, 4) is 5.69 Å². The van der Waals surface area contributed by atoms with Crippen LogP contribution in [0.15, 0.2) is 49.1 Å². The van der Waals surface area contributed by atoms with E-state index in [9.17, 15) is 9.59 Å². The maximum absolute atomic E-state index is 12.6. The molecule has 0 atom stereocenters. The van der Waals surface area contributed by atoms with Gasteiger partial charge in [0, 0.05) is 31.9 Å². The van der Waals surface area contributed by atoms with Crippen molar-refractivity contribution in [3.05, 3.63) is 58.8 Å². The Morgan fingerprint density at radius 3 is 2.39 bits per heavy atom. The zero-order valence-electron chi connectivity index (χ0n) is 15.4. The highest BCUT2D eigenvalue weighted by Crippen LogP contribution is 2.21. The van der Waals surface area contributed by atoms with Crippen molar-refractivity contribution < 1.29 is 9.59 Å². The van der Waals surface area contributed by atoms with Gasteiger partial charge >= 0.3 is 0 Å². The van der Waals surface area contributed by atoms with E-state index in [4.69, 9.17) is 0 Å². The van der Waals surface area contributed by atoms with E-state index in [1.165, 1.54) is 17.7 Å². The van der Waals surface area contributed by atoms with E-state index < -0.39 is 0 Å². The van der Waals surface area contributed by atoms with Crippen LogP contribution in [-0.2, 0) is 0 Å². The van der Waals surface area contributed by atoms with Gasteiger partial charge in [-0.05, 0) is 43.4 Å². The fraction of sp³-hybridized carbons (Fsp3) is 0.263. The van der Waals surface area contributed by atoms with Crippen LogP contribution >= 0.6 is 11.3 Å².